The molecule has 1 rings (SSSR count). The first-order valence-electron chi connectivity index (χ1n) is 5.53. The fraction of sp³-hybridized carbons (Fsp3) is 0.600. The summed E-state index contributed by atoms with van der Waals surface area (Å²) in [6.45, 7) is 1.59. The summed E-state index contributed by atoms with van der Waals surface area (Å²) >= 11 is 0. The Hall–Kier alpha value is -1.61. The van der Waals surface area contributed by atoms with E-state index in [4.69, 9.17) is 5.73 Å². The third-order valence-corrected chi connectivity index (χ3v) is 4.48. The molecule has 0 saturated heterocycles. The number of ether oxygens (including phenoxy) is 1. The van der Waals surface area contributed by atoms with Crippen molar-refractivity contribution in [3.05, 3.63) is 6.20 Å². The zero-order valence-corrected chi connectivity index (χ0v) is 12.1. The maximum Gasteiger partial charge on any atom is 0.309 e. The molecule has 0 fully saturated rings. The number of carbonyl (C=O) groups excluding carboxylic acids is 1. The van der Waals surface area contributed by atoms with Crippen LogP contribution in [-0.4, -0.2) is 49.2 Å². The van der Waals surface area contributed by atoms with E-state index >= 15 is 0 Å². The van der Waals surface area contributed by atoms with Crippen LogP contribution < -0.4 is 5.73 Å². The van der Waals surface area contributed by atoms with Crippen LogP contribution >= 0.6 is 0 Å². The Kier molecular flexibility index (Phi) is 4.53. The van der Waals surface area contributed by atoms with E-state index < -0.39 is 21.9 Å². The molecule has 0 saturated carbocycles. The largest absolute Gasteiger partial charge is 0.469 e. The van der Waals surface area contributed by atoms with Gasteiger partial charge in [0.05, 0.1) is 13.0 Å². The highest BCUT2D eigenvalue weighted by Crippen LogP contribution is 2.20. The molecule has 8 nitrogen and oxygen atoms in total. The van der Waals surface area contributed by atoms with Crippen LogP contribution in [0, 0.1) is 5.92 Å². The highest BCUT2D eigenvalue weighted by molar-refractivity contribution is 7.89. The van der Waals surface area contributed by atoms with Crippen LogP contribution in [0.15, 0.2) is 11.1 Å². The molecule has 0 radical (unpaired) electrons. The summed E-state index contributed by atoms with van der Waals surface area (Å²) in [5.41, 5.74) is 5.55. The van der Waals surface area contributed by atoms with Crippen LogP contribution in [0.5, 0.6) is 0 Å². The number of aryl methyl sites for hydroxylation is 1. The van der Waals surface area contributed by atoms with Crippen molar-refractivity contribution >= 4 is 21.8 Å². The van der Waals surface area contributed by atoms with Crippen LogP contribution in [0.1, 0.15) is 6.92 Å². The number of rotatable bonds is 5. The second-order valence-electron chi connectivity index (χ2n) is 4.26. The highest BCUT2D eigenvalue weighted by Gasteiger charge is 2.28. The Labute approximate surface area is 112 Å². The Balaban J connectivity index is 2.95. The average molecular weight is 290 g/mol. The Morgan fingerprint density at radius 2 is 2.21 bits per heavy atom. The lowest BCUT2D eigenvalue weighted by Gasteiger charge is -2.19. The normalized spacial score (nSPS) is 13.5. The molecule has 0 aliphatic carbocycles. The van der Waals surface area contributed by atoms with Crippen molar-refractivity contribution in [2.45, 2.75) is 11.8 Å². The van der Waals surface area contributed by atoms with Gasteiger partial charge in [0, 0.05) is 26.8 Å². The molecule has 9 heteroatoms. The van der Waals surface area contributed by atoms with E-state index in [2.05, 4.69) is 9.84 Å². The van der Waals surface area contributed by atoms with E-state index in [0.717, 1.165) is 4.31 Å². The molecule has 1 unspecified atom stereocenters. The number of anilines is 1. The Morgan fingerprint density at radius 1 is 1.63 bits per heavy atom. The first-order valence-corrected chi connectivity index (χ1v) is 6.97. The van der Waals surface area contributed by atoms with E-state index in [9.17, 15) is 13.2 Å². The number of sulfonamides is 1. The first-order chi connectivity index (χ1) is 8.70. The van der Waals surface area contributed by atoms with E-state index in [0.29, 0.717) is 0 Å². The molecular formula is C10H18N4O4S. The van der Waals surface area contributed by atoms with Gasteiger partial charge < -0.3 is 10.5 Å². The molecule has 0 aliphatic heterocycles. The fourth-order valence-corrected chi connectivity index (χ4v) is 2.96. The second-order valence-corrected chi connectivity index (χ2v) is 6.28. The van der Waals surface area contributed by atoms with E-state index in [1.165, 1.54) is 25.0 Å². The molecular weight excluding hydrogens is 272 g/mol. The monoisotopic (exact) mass is 290 g/mol. The van der Waals surface area contributed by atoms with E-state index in [1.54, 1.807) is 14.0 Å². The molecule has 1 atom stereocenters. The average Bonchev–Trinajstić information content (AvgIpc) is 2.67. The Morgan fingerprint density at radius 3 is 2.63 bits per heavy atom. The topological polar surface area (TPSA) is 108 Å². The van der Waals surface area contributed by atoms with Gasteiger partial charge in [0.25, 0.3) is 0 Å². The van der Waals surface area contributed by atoms with Crippen LogP contribution in [-0.2, 0) is 26.6 Å². The quantitative estimate of drug-likeness (QED) is 0.728. The molecule has 0 aliphatic rings. The van der Waals surface area contributed by atoms with Crippen molar-refractivity contribution in [2.24, 2.45) is 13.0 Å². The van der Waals surface area contributed by atoms with Crippen LogP contribution in [0.4, 0.5) is 5.82 Å². The lowest BCUT2D eigenvalue weighted by Crippen LogP contribution is -2.34. The minimum atomic E-state index is -3.77. The van der Waals surface area contributed by atoms with Crippen molar-refractivity contribution in [2.75, 3.05) is 26.4 Å². The summed E-state index contributed by atoms with van der Waals surface area (Å²) in [5, 5.41) is 3.79. The molecule has 1 aromatic rings. The lowest BCUT2D eigenvalue weighted by molar-refractivity contribution is -0.144. The third-order valence-electron chi connectivity index (χ3n) is 2.64. The minimum Gasteiger partial charge on any atom is -0.469 e. The molecule has 0 bridgehead atoms. The van der Waals surface area contributed by atoms with Gasteiger partial charge in [-0.1, -0.05) is 6.92 Å². The van der Waals surface area contributed by atoms with Crippen molar-refractivity contribution in [3.63, 3.8) is 0 Å². The Bertz CT molecular complexity index is 566. The van der Waals surface area contributed by atoms with Gasteiger partial charge >= 0.3 is 5.97 Å². The van der Waals surface area contributed by atoms with E-state index in [-0.39, 0.29) is 17.3 Å². The van der Waals surface area contributed by atoms with Gasteiger partial charge in [-0.05, 0) is 0 Å². The van der Waals surface area contributed by atoms with Crippen LogP contribution in [0.25, 0.3) is 0 Å². The summed E-state index contributed by atoms with van der Waals surface area (Å²) in [7, 11) is 0.440. The number of hydrogen-bond donors (Lipinski definition) is 1. The zero-order valence-electron chi connectivity index (χ0n) is 11.3. The molecule has 2 N–H and O–H groups in total. The van der Waals surface area contributed by atoms with Crippen molar-refractivity contribution < 1.29 is 17.9 Å². The van der Waals surface area contributed by atoms with Gasteiger partial charge in [-0.2, -0.15) is 9.40 Å². The maximum absolute atomic E-state index is 12.3. The van der Waals surface area contributed by atoms with E-state index in [1.807, 2.05) is 0 Å². The number of methoxy groups -OCH3 is 1. The molecule has 0 spiro atoms. The molecule has 1 heterocycles. The molecule has 19 heavy (non-hydrogen) atoms. The minimum absolute atomic E-state index is 0.00331. The van der Waals surface area contributed by atoms with Gasteiger partial charge in [-0.25, -0.2) is 8.42 Å². The molecule has 0 aromatic carbocycles. The van der Waals surface area contributed by atoms with Crippen molar-refractivity contribution in [1.29, 1.82) is 0 Å². The molecule has 1 aromatic heterocycles. The van der Waals surface area contributed by atoms with Gasteiger partial charge in [0.1, 0.15) is 4.90 Å². The highest BCUT2D eigenvalue weighted by atomic mass is 32.2. The fourth-order valence-electron chi connectivity index (χ4n) is 1.61. The third kappa shape index (κ3) is 3.24. The van der Waals surface area contributed by atoms with Gasteiger partial charge in [-0.15, -0.1) is 0 Å². The molecule has 108 valence electrons. The number of nitrogen functional groups attached to an aromatic ring is 1. The van der Waals surface area contributed by atoms with Crippen LogP contribution in [0.2, 0.25) is 0 Å². The predicted molar refractivity (Wildman–Crippen MR) is 68.6 cm³/mol. The maximum atomic E-state index is 12.3. The van der Waals surface area contributed by atoms with Crippen molar-refractivity contribution in [1.82, 2.24) is 14.1 Å². The summed E-state index contributed by atoms with van der Waals surface area (Å²) in [5.74, 6) is -1.11. The number of esters is 1. The van der Waals surface area contributed by atoms with Crippen molar-refractivity contribution in [3.8, 4) is 0 Å². The second kappa shape index (κ2) is 5.57. The number of hydrogen-bond acceptors (Lipinski definition) is 6. The summed E-state index contributed by atoms with van der Waals surface area (Å²) in [4.78, 5) is 11.2. The van der Waals surface area contributed by atoms with Gasteiger partial charge in [0.2, 0.25) is 10.0 Å². The predicted octanol–water partition coefficient (Wildman–Crippen LogP) is -0.568. The summed E-state index contributed by atoms with van der Waals surface area (Å²) in [6.07, 6.45) is 1.32. The SMILES string of the molecule is COC(=O)C(C)CN(C)S(=O)(=O)c1cn(C)nc1N. The lowest BCUT2D eigenvalue weighted by atomic mass is 10.2. The van der Waals surface area contributed by atoms with Gasteiger partial charge in [-0.3, -0.25) is 9.48 Å². The standard InChI is InChI=1S/C10H18N4O4S/c1-7(10(15)18-4)5-14(3)19(16,17)8-6-13(2)12-9(8)11/h6-7H,5H2,1-4H3,(H2,11,12). The number of nitrogens with two attached hydrogens (primary N) is 1. The van der Waals surface area contributed by atoms with Gasteiger partial charge in [0.15, 0.2) is 5.82 Å². The molecule has 0 amide bonds. The zero-order chi connectivity index (χ0) is 14.8. The first kappa shape index (κ1) is 15.4. The number of carbonyl (C=O) groups is 1. The number of nitrogens with zero attached hydrogens (tertiary/aromatic N) is 3. The smallest absolute Gasteiger partial charge is 0.309 e. The number of aromatic nitrogens is 2. The summed E-state index contributed by atoms with van der Waals surface area (Å²) in [6, 6.07) is 0. The van der Waals surface area contributed by atoms with Crippen LogP contribution in [0.3, 0.4) is 0 Å². The summed E-state index contributed by atoms with van der Waals surface area (Å²) < 4.78 is 31.4.